The minimum absolute atomic E-state index is 0.0278. The maximum Gasteiger partial charge on any atom is 0.315 e. The summed E-state index contributed by atoms with van der Waals surface area (Å²) in [6.45, 7) is -0.0278. The fraction of sp³-hybridized carbons (Fsp3) is 0.481. The second kappa shape index (κ2) is 13.9. The Kier molecular flexibility index (Phi) is 11.0. The molecule has 184 valence electrons. The summed E-state index contributed by atoms with van der Waals surface area (Å²) >= 11 is 3.16. The number of fused-ring (bicyclic) bond motifs is 1. The van der Waals surface area contributed by atoms with Gasteiger partial charge in [0.05, 0.1) is 24.2 Å². The third kappa shape index (κ3) is 7.87. The van der Waals surface area contributed by atoms with Crippen molar-refractivity contribution in [2.75, 3.05) is 31.0 Å². The lowest BCUT2D eigenvalue weighted by molar-refractivity contribution is -0.137. The molecule has 34 heavy (non-hydrogen) atoms. The molecule has 1 fully saturated rings. The van der Waals surface area contributed by atoms with Crippen molar-refractivity contribution < 1.29 is 24.5 Å². The molecule has 1 aliphatic rings. The number of rotatable bonds is 13. The van der Waals surface area contributed by atoms with Crippen LogP contribution in [-0.2, 0) is 20.7 Å². The van der Waals surface area contributed by atoms with Crippen molar-refractivity contribution in [3.05, 3.63) is 60.2 Å². The van der Waals surface area contributed by atoms with E-state index in [9.17, 15) is 19.8 Å². The molecule has 2 aromatic rings. The second-order valence-corrected chi connectivity index (χ2v) is 11.0. The number of carbonyl (C=O) groups is 2. The predicted molar refractivity (Wildman–Crippen MR) is 141 cm³/mol. The first-order valence-corrected chi connectivity index (χ1v) is 14.0. The van der Waals surface area contributed by atoms with Gasteiger partial charge in [-0.05, 0) is 53.0 Å². The van der Waals surface area contributed by atoms with Crippen LogP contribution in [-0.4, -0.2) is 64.3 Å². The Balaban J connectivity index is 1.48. The number of allylic oxidation sites excluding steroid dienone is 1. The van der Waals surface area contributed by atoms with Gasteiger partial charge in [0.15, 0.2) is 0 Å². The Morgan fingerprint density at radius 1 is 1.21 bits per heavy atom. The van der Waals surface area contributed by atoms with Gasteiger partial charge in [0.1, 0.15) is 5.78 Å². The van der Waals surface area contributed by atoms with Crippen molar-refractivity contribution in [2.45, 2.75) is 37.0 Å². The van der Waals surface area contributed by atoms with Crippen molar-refractivity contribution in [3.63, 3.8) is 0 Å². The van der Waals surface area contributed by atoms with Crippen LogP contribution in [0.2, 0.25) is 0 Å². The van der Waals surface area contributed by atoms with Crippen LogP contribution in [0.5, 0.6) is 0 Å². The third-order valence-electron chi connectivity index (χ3n) is 6.19. The lowest BCUT2D eigenvalue weighted by atomic mass is 9.95. The maximum absolute atomic E-state index is 12.6. The highest BCUT2D eigenvalue weighted by Crippen LogP contribution is 2.38. The number of methoxy groups -OCH3 is 1. The molecule has 0 amide bonds. The van der Waals surface area contributed by atoms with Crippen LogP contribution in [0, 0.1) is 11.8 Å². The van der Waals surface area contributed by atoms with E-state index in [1.165, 1.54) is 35.2 Å². The maximum atomic E-state index is 12.6. The average Bonchev–Trinajstić information content (AvgIpc) is 3.17. The number of aryl methyl sites for hydroxylation is 1. The van der Waals surface area contributed by atoms with E-state index in [1.54, 1.807) is 17.8 Å². The number of thioether (sulfide) groups is 2. The number of hydrogen-bond acceptors (Lipinski definition) is 7. The Morgan fingerprint density at radius 3 is 2.76 bits per heavy atom. The number of esters is 1. The van der Waals surface area contributed by atoms with Gasteiger partial charge in [-0.2, -0.15) is 11.8 Å². The molecule has 3 rings (SSSR count). The van der Waals surface area contributed by atoms with Crippen molar-refractivity contribution >= 4 is 46.0 Å². The first-order valence-electron chi connectivity index (χ1n) is 11.8. The molecule has 7 heteroatoms. The van der Waals surface area contributed by atoms with Crippen LogP contribution in [0.4, 0.5) is 0 Å². The molecule has 2 aromatic carbocycles. The zero-order valence-electron chi connectivity index (χ0n) is 19.6. The Hall–Kier alpha value is -1.80. The fourth-order valence-electron chi connectivity index (χ4n) is 4.27. The zero-order chi connectivity index (χ0) is 24.3. The highest BCUT2D eigenvalue weighted by atomic mass is 32.2. The molecule has 0 heterocycles. The van der Waals surface area contributed by atoms with E-state index in [0.717, 1.165) is 24.3 Å². The van der Waals surface area contributed by atoms with Gasteiger partial charge in [-0.25, -0.2) is 0 Å². The highest BCUT2D eigenvalue weighted by Gasteiger charge is 2.40. The Bertz CT molecular complexity index is 976. The molecule has 1 aliphatic carbocycles. The number of Topliss-reactive ketones (excluding diaryl/α,β-unsaturated/α-hetero) is 1. The standard InChI is InChI=1S/C27H34O5S2/c1-32-26(31)18-33-13-4-14-34-27-24(22(17-28)16-25(27)30)12-11-23(29)10-8-19-7-9-20-5-2-3-6-21(20)15-19/h2-3,5-7,9,11-12,15,22-24,27-29H,4,8,10,13-14,16-18H2,1H3/t22?,23?,24?,27-/m1/s1. The largest absolute Gasteiger partial charge is 0.468 e. The molecule has 0 aromatic heterocycles. The molecular weight excluding hydrogens is 468 g/mol. The van der Waals surface area contributed by atoms with Crippen molar-refractivity contribution in [3.8, 4) is 0 Å². The fourth-order valence-corrected chi connectivity index (χ4v) is 6.61. The molecule has 5 nitrogen and oxygen atoms in total. The molecular formula is C27H34O5S2. The topological polar surface area (TPSA) is 83.8 Å². The van der Waals surface area contributed by atoms with Gasteiger partial charge in [-0.15, -0.1) is 11.8 Å². The number of aliphatic hydroxyl groups excluding tert-OH is 2. The molecule has 3 unspecified atom stereocenters. The van der Waals surface area contributed by atoms with E-state index in [0.29, 0.717) is 18.6 Å². The molecule has 0 aliphatic heterocycles. The Morgan fingerprint density at radius 2 is 2.00 bits per heavy atom. The van der Waals surface area contributed by atoms with Crippen LogP contribution in [0.25, 0.3) is 10.8 Å². The molecule has 1 saturated carbocycles. The van der Waals surface area contributed by atoms with Crippen molar-refractivity contribution in [1.29, 1.82) is 0 Å². The lowest BCUT2D eigenvalue weighted by Crippen LogP contribution is -2.21. The summed E-state index contributed by atoms with van der Waals surface area (Å²) in [7, 11) is 1.38. The van der Waals surface area contributed by atoms with E-state index in [4.69, 9.17) is 0 Å². The highest BCUT2D eigenvalue weighted by molar-refractivity contribution is 8.01. The number of ether oxygens (including phenoxy) is 1. The third-order valence-corrected chi connectivity index (χ3v) is 8.66. The van der Waals surface area contributed by atoms with E-state index in [2.05, 4.69) is 35.1 Å². The van der Waals surface area contributed by atoms with Gasteiger partial charge in [-0.3, -0.25) is 9.59 Å². The van der Waals surface area contributed by atoms with Crippen LogP contribution in [0.1, 0.15) is 24.8 Å². The number of carbonyl (C=O) groups excluding carboxylic acids is 2. The molecule has 0 bridgehead atoms. The van der Waals surface area contributed by atoms with Crippen LogP contribution >= 0.6 is 23.5 Å². The van der Waals surface area contributed by atoms with Gasteiger partial charge < -0.3 is 14.9 Å². The summed E-state index contributed by atoms with van der Waals surface area (Å²) in [6.07, 6.45) is 5.80. The predicted octanol–water partition coefficient (Wildman–Crippen LogP) is 4.29. The normalized spacial score (nSPS) is 21.4. The summed E-state index contributed by atoms with van der Waals surface area (Å²) in [5.41, 5.74) is 1.19. The summed E-state index contributed by atoms with van der Waals surface area (Å²) in [5, 5.41) is 22.6. The van der Waals surface area contributed by atoms with E-state index >= 15 is 0 Å². The average molecular weight is 503 g/mol. The van der Waals surface area contributed by atoms with Gasteiger partial charge in [0, 0.05) is 18.9 Å². The summed E-state index contributed by atoms with van der Waals surface area (Å²) in [5.74, 6) is 1.78. The van der Waals surface area contributed by atoms with Crippen LogP contribution < -0.4 is 0 Å². The Labute approximate surface area is 210 Å². The quantitative estimate of drug-likeness (QED) is 0.240. The molecule has 2 N–H and O–H groups in total. The number of hydrogen-bond donors (Lipinski definition) is 2. The summed E-state index contributed by atoms with van der Waals surface area (Å²) < 4.78 is 4.63. The van der Waals surface area contributed by atoms with E-state index in [-0.39, 0.29) is 35.4 Å². The summed E-state index contributed by atoms with van der Waals surface area (Å²) in [4.78, 5) is 23.7. The van der Waals surface area contributed by atoms with Gasteiger partial charge in [0.2, 0.25) is 0 Å². The van der Waals surface area contributed by atoms with Crippen molar-refractivity contribution in [2.24, 2.45) is 11.8 Å². The second-order valence-electron chi connectivity index (χ2n) is 8.64. The first kappa shape index (κ1) is 26.8. The minimum atomic E-state index is -0.595. The van der Waals surface area contributed by atoms with E-state index in [1.807, 2.05) is 18.2 Å². The van der Waals surface area contributed by atoms with Gasteiger partial charge in [-0.1, -0.05) is 54.6 Å². The molecule has 0 saturated heterocycles. The minimum Gasteiger partial charge on any atom is -0.468 e. The SMILES string of the molecule is COC(=O)CSCCCS[C@H]1C(=O)CC(CO)C1C=CC(O)CCc1ccc2ccccc2c1. The van der Waals surface area contributed by atoms with E-state index < -0.39 is 6.10 Å². The van der Waals surface area contributed by atoms with Crippen LogP contribution in [0.15, 0.2) is 54.6 Å². The van der Waals surface area contributed by atoms with Gasteiger partial charge in [0.25, 0.3) is 0 Å². The van der Waals surface area contributed by atoms with Gasteiger partial charge >= 0.3 is 5.97 Å². The number of aliphatic hydroxyl groups is 2. The van der Waals surface area contributed by atoms with Crippen LogP contribution in [0.3, 0.4) is 0 Å². The number of ketones is 1. The summed E-state index contributed by atoms with van der Waals surface area (Å²) in [6, 6.07) is 14.6. The molecule has 0 radical (unpaired) electrons. The number of benzene rings is 2. The van der Waals surface area contributed by atoms with Crippen molar-refractivity contribution in [1.82, 2.24) is 0 Å². The zero-order valence-corrected chi connectivity index (χ0v) is 21.2. The molecule has 4 atom stereocenters. The first-order chi connectivity index (χ1) is 16.5. The monoisotopic (exact) mass is 502 g/mol. The molecule has 0 spiro atoms. The smallest absolute Gasteiger partial charge is 0.315 e. The lowest BCUT2D eigenvalue weighted by Gasteiger charge is -2.19.